The van der Waals surface area contributed by atoms with Gasteiger partial charge >= 0.3 is 0 Å². The van der Waals surface area contributed by atoms with Crippen LogP contribution in [0.4, 0.5) is 11.4 Å². The number of hydrogen-bond acceptors (Lipinski definition) is 4. The van der Waals surface area contributed by atoms with Gasteiger partial charge in [-0.1, -0.05) is 37.3 Å². The third-order valence-electron chi connectivity index (χ3n) is 4.32. The standard InChI is InChI=1S/C21H23N3O2.ClH/c1-4-14-9-6-7-11-17(14)24-19-15-10-8-12-18(26-3)20(15)23-13-16(19)21(25)22-5-2;/h6-13H,4-5H2,1-3H3,(H,22,25)(H,23,24);1H. The number of carbonyl (C=O) groups is 1. The molecule has 0 spiro atoms. The summed E-state index contributed by atoms with van der Waals surface area (Å²) in [5.74, 6) is 0.526. The second kappa shape index (κ2) is 9.24. The van der Waals surface area contributed by atoms with Crippen LogP contribution in [0.15, 0.2) is 48.7 Å². The van der Waals surface area contributed by atoms with Crippen LogP contribution in [0.2, 0.25) is 0 Å². The Balaban J connectivity index is 0.00000261. The number of anilines is 2. The van der Waals surface area contributed by atoms with Crippen molar-refractivity contribution >= 4 is 40.6 Å². The quantitative estimate of drug-likeness (QED) is 0.644. The molecule has 0 bridgehead atoms. The van der Waals surface area contributed by atoms with Gasteiger partial charge < -0.3 is 15.4 Å². The van der Waals surface area contributed by atoms with Gasteiger partial charge in [0.2, 0.25) is 0 Å². The number of aromatic nitrogens is 1. The number of rotatable bonds is 6. The lowest BCUT2D eigenvalue weighted by molar-refractivity contribution is 0.0956. The van der Waals surface area contributed by atoms with Gasteiger partial charge in [-0.05, 0) is 31.0 Å². The fourth-order valence-corrected chi connectivity index (χ4v) is 3.01. The van der Waals surface area contributed by atoms with Crippen LogP contribution in [0.25, 0.3) is 10.9 Å². The van der Waals surface area contributed by atoms with Gasteiger partial charge in [0.15, 0.2) is 0 Å². The van der Waals surface area contributed by atoms with Gasteiger partial charge in [-0.15, -0.1) is 12.4 Å². The van der Waals surface area contributed by atoms with Gasteiger partial charge in [-0.25, -0.2) is 0 Å². The first-order chi connectivity index (χ1) is 12.7. The van der Waals surface area contributed by atoms with Crippen molar-refractivity contribution in [2.24, 2.45) is 0 Å². The van der Waals surface area contributed by atoms with Crippen LogP contribution < -0.4 is 15.4 Å². The Bertz CT molecular complexity index is 944. The summed E-state index contributed by atoms with van der Waals surface area (Å²) < 4.78 is 5.43. The van der Waals surface area contributed by atoms with E-state index in [1.807, 2.05) is 43.3 Å². The van der Waals surface area contributed by atoms with Crippen LogP contribution >= 0.6 is 12.4 Å². The van der Waals surface area contributed by atoms with Gasteiger partial charge in [-0.3, -0.25) is 9.78 Å². The van der Waals surface area contributed by atoms with E-state index in [4.69, 9.17) is 4.74 Å². The molecular weight excluding hydrogens is 362 g/mol. The van der Waals surface area contributed by atoms with E-state index < -0.39 is 0 Å². The molecule has 1 amide bonds. The zero-order chi connectivity index (χ0) is 18.5. The van der Waals surface area contributed by atoms with Crippen molar-refractivity contribution in [1.82, 2.24) is 10.3 Å². The number of pyridine rings is 1. The molecule has 0 saturated carbocycles. The lowest BCUT2D eigenvalue weighted by Crippen LogP contribution is -2.24. The molecule has 142 valence electrons. The predicted octanol–water partition coefficient (Wildman–Crippen LogP) is 4.72. The highest BCUT2D eigenvalue weighted by Gasteiger charge is 2.17. The minimum absolute atomic E-state index is 0. The van der Waals surface area contributed by atoms with Crippen molar-refractivity contribution in [1.29, 1.82) is 0 Å². The van der Waals surface area contributed by atoms with Gasteiger partial charge in [-0.2, -0.15) is 0 Å². The Morgan fingerprint density at radius 2 is 1.89 bits per heavy atom. The molecular formula is C21H24ClN3O2. The molecule has 0 aliphatic rings. The van der Waals surface area contributed by atoms with Crippen molar-refractivity contribution < 1.29 is 9.53 Å². The summed E-state index contributed by atoms with van der Waals surface area (Å²) in [5.41, 5.74) is 4.14. The molecule has 27 heavy (non-hydrogen) atoms. The van der Waals surface area contributed by atoms with E-state index in [-0.39, 0.29) is 18.3 Å². The fraction of sp³-hybridized carbons (Fsp3) is 0.238. The number of fused-ring (bicyclic) bond motifs is 1. The number of hydrogen-bond donors (Lipinski definition) is 2. The fourth-order valence-electron chi connectivity index (χ4n) is 3.01. The van der Waals surface area contributed by atoms with Crippen LogP contribution in [-0.4, -0.2) is 24.5 Å². The van der Waals surface area contributed by atoms with Crippen LogP contribution in [0, 0.1) is 0 Å². The Kier molecular flexibility index (Phi) is 7.02. The largest absolute Gasteiger partial charge is 0.494 e. The number of para-hydroxylation sites is 2. The predicted molar refractivity (Wildman–Crippen MR) is 113 cm³/mol. The average Bonchev–Trinajstić information content (AvgIpc) is 2.68. The molecule has 0 radical (unpaired) electrons. The minimum Gasteiger partial charge on any atom is -0.494 e. The number of nitrogens with one attached hydrogen (secondary N) is 2. The van der Waals surface area contributed by atoms with Crippen molar-refractivity contribution in [3.05, 3.63) is 59.8 Å². The summed E-state index contributed by atoms with van der Waals surface area (Å²) in [6.07, 6.45) is 2.50. The van der Waals surface area contributed by atoms with E-state index in [0.717, 1.165) is 28.7 Å². The number of nitrogens with zero attached hydrogens (tertiary/aromatic N) is 1. The highest BCUT2D eigenvalue weighted by molar-refractivity contribution is 6.09. The van der Waals surface area contributed by atoms with E-state index in [1.54, 1.807) is 13.3 Å². The van der Waals surface area contributed by atoms with E-state index >= 15 is 0 Å². The molecule has 2 aromatic carbocycles. The van der Waals surface area contributed by atoms with Crippen LogP contribution in [0.5, 0.6) is 5.75 Å². The lowest BCUT2D eigenvalue weighted by Gasteiger charge is -2.17. The topological polar surface area (TPSA) is 63.2 Å². The summed E-state index contributed by atoms with van der Waals surface area (Å²) in [7, 11) is 1.62. The number of ether oxygens (including phenoxy) is 1. The van der Waals surface area contributed by atoms with Gasteiger partial charge in [0.1, 0.15) is 11.3 Å². The number of halogens is 1. The Hall–Kier alpha value is -2.79. The van der Waals surface area contributed by atoms with Crippen LogP contribution in [0.1, 0.15) is 29.8 Å². The van der Waals surface area contributed by atoms with Gasteiger partial charge in [0.25, 0.3) is 5.91 Å². The van der Waals surface area contributed by atoms with Gasteiger partial charge in [0, 0.05) is 23.8 Å². The van der Waals surface area contributed by atoms with E-state index in [2.05, 4.69) is 28.6 Å². The van der Waals surface area contributed by atoms with Crippen molar-refractivity contribution in [2.75, 3.05) is 19.0 Å². The number of carbonyl (C=O) groups excluding carboxylic acids is 1. The summed E-state index contributed by atoms with van der Waals surface area (Å²) in [6, 6.07) is 13.8. The lowest BCUT2D eigenvalue weighted by atomic mass is 10.1. The Morgan fingerprint density at radius 3 is 2.59 bits per heavy atom. The molecule has 0 saturated heterocycles. The minimum atomic E-state index is -0.152. The van der Waals surface area contributed by atoms with E-state index in [9.17, 15) is 4.79 Å². The number of amides is 1. The monoisotopic (exact) mass is 385 g/mol. The normalized spacial score (nSPS) is 10.2. The van der Waals surface area contributed by atoms with Crippen molar-refractivity contribution in [2.45, 2.75) is 20.3 Å². The number of methoxy groups -OCH3 is 1. The molecule has 2 N–H and O–H groups in total. The third-order valence-corrected chi connectivity index (χ3v) is 4.32. The summed E-state index contributed by atoms with van der Waals surface area (Å²) in [4.78, 5) is 17.1. The molecule has 0 atom stereocenters. The smallest absolute Gasteiger partial charge is 0.254 e. The van der Waals surface area contributed by atoms with Crippen LogP contribution in [0.3, 0.4) is 0 Å². The van der Waals surface area contributed by atoms with Gasteiger partial charge in [0.05, 0.1) is 18.4 Å². The summed E-state index contributed by atoms with van der Waals surface area (Å²) in [5, 5.41) is 7.18. The number of aryl methyl sites for hydroxylation is 1. The maximum Gasteiger partial charge on any atom is 0.254 e. The summed E-state index contributed by atoms with van der Waals surface area (Å²) in [6.45, 7) is 4.56. The molecule has 6 heteroatoms. The Labute approximate surface area is 165 Å². The number of benzene rings is 2. The molecule has 0 fully saturated rings. The second-order valence-corrected chi connectivity index (χ2v) is 5.90. The Morgan fingerprint density at radius 1 is 1.11 bits per heavy atom. The average molecular weight is 386 g/mol. The third kappa shape index (κ3) is 4.14. The van der Waals surface area contributed by atoms with Crippen molar-refractivity contribution in [3.8, 4) is 5.75 Å². The first kappa shape index (κ1) is 20.5. The zero-order valence-corrected chi connectivity index (χ0v) is 16.5. The summed E-state index contributed by atoms with van der Waals surface area (Å²) >= 11 is 0. The second-order valence-electron chi connectivity index (χ2n) is 5.90. The molecule has 0 aliphatic carbocycles. The molecule has 3 rings (SSSR count). The van der Waals surface area contributed by atoms with E-state index in [0.29, 0.717) is 17.9 Å². The first-order valence-electron chi connectivity index (χ1n) is 8.78. The zero-order valence-electron chi connectivity index (χ0n) is 15.7. The first-order valence-corrected chi connectivity index (χ1v) is 8.78. The molecule has 0 aliphatic heterocycles. The molecule has 1 heterocycles. The highest BCUT2D eigenvalue weighted by Crippen LogP contribution is 2.34. The molecule has 0 unspecified atom stereocenters. The molecule has 5 nitrogen and oxygen atoms in total. The van der Waals surface area contributed by atoms with E-state index in [1.165, 1.54) is 5.56 Å². The van der Waals surface area contributed by atoms with Crippen molar-refractivity contribution in [3.63, 3.8) is 0 Å². The SMILES string of the molecule is CCNC(=O)c1cnc2c(OC)cccc2c1Nc1ccccc1CC.Cl. The van der Waals surface area contributed by atoms with Crippen LogP contribution in [-0.2, 0) is 6.42 Å². The molecule has 1 aromatic heterocycles. The maximum atomic E-state index is 12.6. The molecule has 3 aromatic rings. The maximum absolute atomic E-state index is 12.6. The highest BCUT2D eigenvalue weighted by atomic mass is 35.5.